The van der Waals surface area contributed by atoms with Gasteiger partial charge in [0.15, 0.2) is 0 Å². The molecule has 6 heteroatoms. The number of carbonyl (C=O) groups is 2. The fraction of sp³-hybridized carbons (Fsp3) is 0.769. The minimum absolute atomic E-state index is 0.272. The molecule has 0 amide bonds. The standard InChI is InChI=1S/C13H21NO5/c1-9(2)18-12(15)8-11(13(16)17)19-14-10-6-4-3-5-7-10/h9,11H,3-8H2,1-2H3,(H,16,17). The second-order valence-corrected chi connectivity index (χ2v) is 4.89. The van der Waals surface area contributed by atoms with Crippen molar-refractivity contribution in [1.82, 2.24) is 0 Å². The number of aliphatic carboxylic acids is 1. The van der Waals surface area contributed by atoms with E-state index in [1.165, 1.54) is 6.42 Å². The van der Waals surface area contributed by atoms with Crippen LogP contribution in [0.5, 0.6) is 0 Å². The van der Waals surface area contributed by atoms with Crippen LogP contribution in [0.1, 0.15) is 52.4 Å². The molecule has 1 rings (SSSR count). The normalized spacial score (nSPS) is 16.9. The van der Waals surface area contributed by atoms with E-state index in [9.17, 15) is 9.59 Å². The highest BCUT2D eigenvalue weighted by atomic mass is 16.7. The molecular formula is C13H21NO5. The van der Waals surface area contributed by atoms with Crippen LogP contribution < -0.4 is 0 Å². The Morgan fingerprint density at radius 3 is 2.42 bits per heavy atom. The van der Waals surface area contributed by atoms with E-state index in [2.05, 4.69) is 5.16 Å². The van der Waals surface area contributed by atoms with Gasteiger partial charge in [-0.1, -0.05) is 11.6 Å². The van der Waals surface area contributed by atoms with Crippen molar-refractivity contribution in [3.8, 4) is 0 Å². The van der Waals surface area contributed by atoms with Crippen molar-refractivity contribution in [3.05, 3.63) is 0 Å². The summed E-state index contributed by atoms with van der Waals surface area (Å²) < 4.78 is 4.89. The molecule has 1 N–H and O–H groups in total. The first-order valence-corrected chi connectivity index (χ1v) is 6.63. The van der Waals surface area contributed by atoms with Crippen LogP contribution in [-0.2, 0) is 19.2 Å². The molecule has 1 aliphatic carbocycles. The smallest absolute Gasteiger partial charge is 0.348 e. The van der Waals surface area contributed by atoms with E-state index in [0.717, 1.165) is 31.4 Å². The van der Waals surface area contributed by atoms with Gasteiger partial charge in [-0.05, 0) is 39.5 Å². The maximum absolute atomic E-state index is 11.4. The zero-order valence-electron chi connectivity index (χ0n) is 11.4. The monoisotopic (exact) mass is 271 g/mol. The van der Waals surface area contributed by atoms with Crippen LogP contribution in [0.3, 0.4) is 0 Å². The van der Waals surface area contributed by atoms with Crippen molar-refractivity contribution in [2.24, 2.45) is 5.16 Å². The molecule has 6 nitrogen and oxygen atoms in total. The van der Waals surface area contributed by atoms with Crippen LogP contribution in [0.4, 0.5) is 0 Å². The van der Waals surface area contributed by atoms with Crippen molar-refractivity contribution < 1.29 is 24.3 Å². The summed E-state index contributed by atoms with van der Waals surface area (Å²) in [5.74, 6) is -1.80. The van der Waals surface area contributed by atoms with Crippen molar-refractivity contribution in [2.75, 3.05) is 0 Å². The molecule has 0 aromatic rings. The van der Waals surface area contributed by atoms with Crippen LogP contribution in [-0.4, -0.2) is 35.0 Å². The Morgan fingerprint density at radius 1 is 1.26 bits per heavy atom. The third-order valence-electron chi connectivity index (χ3n) is 2.73. The summed E-state index contributed by atoms with van der Waals surface area (Å²) in [6.45, 7) is 3.41. The van der Waals surface area contributed by atoms with E-state index in [-0.39, 0.29) is 12.5 Å². The molecule has 0 radical (unpaired) electrons. The molecule has 1 aliphatic rings. The predicted octanol–water partition coefficient (Wildman–Crippen LogP) is 2.12. The number of nitrogens with zero attached hydrogens (tertiary/aromatic N) is 1. The van der Waals surface area contributed by atoms with Crippen LogP contribution in [0.2, 0.25) is 0 Å². The summed E-state index contributed by atoms with van der Waals surface area (Å²) in [7, 11) is 0. The summed E-state index contributed by atoms with van der Waals surface area (Å²) in [6, 6.07) is 0. The Hall–Kier alpha value is -1.59. The van der Waals surface area contributed by atoms with Gasteiger partial charge >= 0.3 is 11.9 Å². The first-order valence-electron chi connectivity index (χ1n) is 6.63. The van der Waals surface area contributed by atoms with E-state index in [1.807, 2.05) is 0 Å². The number of oxime groups is 1. The Labute approximate surface area is 112 Å². The predicted molar refractivity (Wildman–Crippen MR) is 68.9 cm³/mol. The van der Waals surface area contributed by atoms with Crippen molar-refractivity contribution in [2.45, 2.75) is 64.6 Å². The lowest BCUT2D eigenvalue weighted by Gasteiger charge is -2.15. The lowest BCUT2D eigenvalue weighted by molar-refractivity contribution is -0.161. The minimum atomic E-state index is -1.28. The SMILES string of the molecule is CC(C)OC(=O)CC(ON=C1CCCCC1)C(=O)O. The number of ether oxygens (including phenoxy) is 1. The van der Waals surface area contributed by atoms with Crippen LogP contribution in [0.25, 0.3) is 0 Å². The van der Waals surface area contributed by atoms with Gasteiger partial charge in [0.2, 0.25) is 6.10 Å². The quantitative estimate of drug-likeness (QED) is 0.590. The zero-order valence-corrected chi connectivity index (χ0v) is 11.4. The molecule has 0 aliphatic heterocycles. The van der Waals surface area contributed by atoms with Gasteiger partial charge in [0.25, 0.3) is 0 Å². The number of hydrogen-bond acceptors (Lipinski definition) is 5. The van der Waals surface area contributed by atoms with Gasteiger partial charge in [-0.3, -0.25) is 4.79 Å². The third kappa shape index (κ3) is 6.22. The maximum Gasteiger partial charge on any atom is 0.348 e. The number of hydrogen-bond donors (Lipinski definition) is 1. The summed E-state index contributed by atoms with van der Waals surface area (Å²) in [4.78, 5) is 27.4. The molecule has 1 fully saturated rings. The lowest BCUT2D eigenvalue weighted by atomic mass is 9.99. The number of carboxylic acid groups (broad SMARTS) is 1. The van der Waals surface area contributed by atoms with E-state index < -0.39 is 18.0 Å². The average molecular weight is 271 g/mol. The molecule has 0 aromatic carbocycles. The Bertz CT molecular complexity index is 343. The van der Waals surface area contributed by atoms with Gasteiger partial charge in [-0.25, -0.2) is 4.79 Å². The zero-order chi connectivity index (χ0) is 14.3. The molecule has 19 heavy (non-hydrogen) atoms. The number of carboxylic acids is 1. The second kappa shape index (κ2) is 7.76. The Kier molecular flexibility index (Phi) is 6.32. The molecule has 0 saturated heterocycles. The Balaban J connectivity index is 2.48. The van der Waals surface area contributed by atoms with Gasteiger partial charge in [0.1, 0.15) is 0 Å². The first-order chi connectivity index (χ1) is 8.99. The van der Waals surface area contributed by atoms with Gasteiger partial charge in [-0.15, -0.1) is 0 Å². The van der Waals surface area contributed by atoms with Gasteiger partial charge in [0, 0.05) is 0 Å². The molecule has 1 saturated carbocycles. The first kappa shape index (κ1) is 15.5. The van der Waals surface area contributed by atoms with Crippen molar-refractivity contribution in [1.29, 1.82) is 0 Å². The van der Waals surface area contributed by atoms with Crippen LogP contribution in [0.15, 0.2) is 5.16 Å². The molecule has 0 heterocycles. The molecule has 0 spiro atoms. The summed E-state index contributed by atoms with van der Waals surface area (Å²) in [5, 5.41) is 12.8. The maximum atomic E-state index is 11.4. The molecular weight excluding hydrogens is 250 g/mol. The van der Waals surface area contributed by atoms with E-state index in [0.29, 0.717) is 0 Å². The van der Waals surface area contributed by atoms with E-state index >= 15 is 0 Å². The number of carbonyl (C=O) groups excluding carboxylic acids is 1. The second-order valence-electron chi connectivity index (χ2n) is 4.89. The van der Waals surface area contributed by atoms with Gasteiger partial charge < -0.3 is 14.7 Å². The van der Waals surface area contributed by atoms with Gasteiger partial charge in [0.05, 0.1) is 18.2 Å². The Morgan fingerprint density at radius 2 is 1.89 bits per heavy atom. The average Bonchev–Trinajstić information content (AvgIpc) is 2.34. The van der Waals surface area contributed by atoms with E-state index in [1.54, 1.807) is 13.8 Å². The highest BCUT2D eigenvalue weighted by molar-refractivity contribution is 5.85. The van der Waals surface area contributed by atoms with Gasteiger partial charge in [-0.2, -0.15) is 0 Å². The molecule has 1 unspecified atom stereocenters. The van der Waals surface area contributed by atoms with Crippen LogP contribution in [0, 0.1) is 0 Å². The summed E-state index contributed by atoms with van der Waals surface area (Å²) in [6.07, 6.45) is 3.06. The topological polar surface area (TPSA) is 85.2 Å². The summed E-state index contributed by atoms with van der Waals surface area (Å²) in [5.41, 5.74) is 0.870. The molecule has 1 atom stereocenters. The summed E-state index contributed by atoms with van der Waals surface area (Å²) >= 11 is 0. The lowest BCUT2D eigenvalue weighted by Crippen LogP contribution is -2.27. The van der Waals surface area contributed by atoms with Crippen LogP contribution >= 0.6 is 0 Å². The fourth-order valence-corrected chi connectivity index (χ4v) is 1.82. The highest BCUT2D eigenvalue weighted by Gasteiger charge is 2.25. The fourth-order valence-electron chi connectivity index (χ4n) is 1.82. The molecule has 0 aromatic heterocycles. The van der Waals surface area contributed by atoms with Crippen molar-refractivity contribution in [3.63, 3.8) is 0 Å². The van der Waals surface area contributed by atoms with E-state index in [4.69, 9.17) is 14.7 Å². The third-order valence-corrected chi connectivity index (χ3v) is 2.73. The number of esters is 1. The molecule has 108 valence electrons. The number of rotatable bonds is 6. The minimum Gasteiger partial charge on any atom is -0.478 e. The highest BCUT2D eigenvalue weighted by Crippen LogP contribution is 2.15. The largest absolute Gasteiger partial charge is 0.478 e. The van der Waals surface area contributed by atoms with Crippen molar-refractivity contribution >= 4 is 17.7 Å². The molecule has 0 bridgehead atoms.